The molecule has 0 radical (unpaired) electrons. The number of anilines is 1. The van der Waals surface area contributed by atoms with Crippen molar-refractivity contribution in [3.63, 3.8) is 0 Å². The highest BCUT2D eigenvalue weighted by atomic mass is 35.5. The number of nitrogens with zero attached hydrogens (tertiary/aromatic N) is 3. The quantitative estimate of drug-likeness (QED) is 0.765. The number of rotatable bonds is 2. The predicted molar refractivity (Wildman–Crippen MR) is 74.2 cm³/mol. The first-order valence-corrected chi connectivity index (χ1v) is 7.32. The molecule has 1 aliphatic heterocycles. The number of hydrogen-bond acceptors (Lipinski definition) is 3. The highest BCUT2D eigenvalue weighted by molar-refractivity contribution is 6.29. The molecule has 0 spiro atoms. The third-order valence-corrected chi connectivity index (χ3v) is 4.25. The number of aromatic nitrogens is 2. The van der Waals surface area contributed by atoms with Crippen molar-refractivity contribution in [2.24, 2.45) is 5.92 Å². The van der Waals surface area contributed by atoms with E-state index < -0.39 is 0 Å². The molecule has 3 rings (SSSR count). The van der Waals surface area contributed by atoms with E-state index in [1.807, 2.05) is 6.07 Å². The summed E-state index contributed by atoms with van der Waals surface area (Å²) < 4.78 is 0. The monoisotopic (exact) mass is 265 g/mol. The third-order valence-electron chi connectivity index (χ3n) is 4.05. The van der Waals surface area contributed by atoms with Gasteiger partial charge in [0.15, 0.2) is 0 Å². The molecule has 2 heterocycles. The van der Waals surface area contributed by atoms with Crippen molar-refractivity contribution in [3.05, 3.63) is 17.0 Å². The van der Waals surface area contributed by atoms with Gasteiger partial charge in [0.25, 0.3) is 0 Å². The van der Waals surface area contributed by atoms with Gasteiger partial charge in [-0.1, -0.05) is 18.5 Å². The normalized spacial score (nSPS) is 28.5. The van der Waals surface area contributed by atoms with Crippen molar-refractivity contribution in [3.8, 4) is 0 Å². The maximum atomic E-state index is 6.15. The van der Waals surface area contributed by atoms with Crippen LogP contribution in [0, 0.1) is 5.92 Å². The Labute approximate surface area is 114 Å². The van der Waals surface area contributed by atoms with Gasteiger partial charge in [0.1, 0.15) is 16.8 Å². The summed E-state index contributed by atoms with van der Waals surface area (Å²) in [6, 6.07) is 2.47. The average molecular weight is 266 g/mol. The Hall–Kier alpha value is -0.830. The minimum Gasteiger partial charge on any atom is -0.353 e. The number of halogens is 1. The minimum atomic E-state index is 0.555. The summed E-state index contributed by atoms with van der Waals surface area (Å²) in [6.07, 6.45) is 4.98. The van der Waals surface area contributed by atoms with Crippen molar-refractivity contribution in [2.45, 2.75) is 51.5 Å². The van der Waals surface area contributed by atoms with Crippen LogP contribution in [0.2, 0.25) is 5.15 Å². The molecule has 0 bridgehead atoms. The molecule has 4 heteroatoms. The summed E-state index contributed by atoms with van der Waals surface area (Å²) in [6.45, 7) is 5.67. The molecule has 0 amide bonds. The Balaban J connectivity index is 1.89. The van der Waals surface area contributed by atoms with Crippen LogP contribution in [-0.4, -0.2) is 22.6 Å². The van der Waals surface area contributed by atoms with Gasteiger partial charge >= 0.3 is 0 Å². The van der Waals surface area contributed by atoms with Crippen LogP contribution in [0.3, 0.4) is 0 Å². The summed E-state index contributed by atoms with van der Waals surface area (Å²) in [5.41, 5.74) is 0. The Morgan fingerprint density at radius 3 is 2.67 bits per heavy atom. The largest absolute Gasteiger partial charge is 0.353 e. The summed E-state index contributed by atoms with van der Waals surface area (Å²) >= 11 is 6.15. The summed E-state index contributed by atoms with van der Waals surface area (Å²) in [5.74, 6) is 3.26. The lowest BCUT2D eigenvalue weighted by atomic mass is 9.95. The number of piperidine rings is 1. The summed E-state index contributed by atoms with van der Waals surface area (Å²) in [7, 11) is 0. The van der Waals surface area contributed by atoms with Gasteiger partial charge in [-0.05, 0) is 38.5 Å². The number of hydrogen-bond donors (Lipinski definition) is 0. The molecule has 3 nitrogen and oxygen atoms in total. The SMILES string of the molecule is CC1CCC(C)N(c2cc(Cl)nc(C3CC3)n2)C1. The highest BCUT2D eigenvalue weighted by Crippen LogP contribution is 2.39. The van der Waals surface area contributed by atoms with Crippen molar-refractivity contribution < 1.29 is 0 Å². The molecule has 1 saturated heterocycles. The van der Waals surface area contributed by atoms with Gasteiger partial charge in [-0.2, -0.15) is 0 Å². The van der Waals surface area contributed by atoms with Gasteiger partial charge in [0, 0.05) is 24.6 Å². The fourth-order valence-corrected chi connectivity index (χ4v) is 2.89. The van der Waals surface area contributed by atoms with Gasteiger partial charge in [-0.15, -0.1) is 0 Å². The average Bonchev–Trinajstić information content (AvgIpc) is 3.15. The van der Waals surface area contributed by atoms with Crippen molar-refractivity contribution in [1.29, 1.82) is 0 Å². The molecule has 2 atom stereocenters. The van der Waals surface area contributed by atoms with E-state index in [1.165, 1.54) is 25.7 Å². The standard InChI is InChI=1S/C14H20ClN3/c1-9-3-4-10(2)18(8-9)13-7-12(15)16-14(17-13)11-5-6-11/h7,9-11H,3-6,8H2,1-2H3. The van der Waals surface area contributed by atoms with Gasteiger partial charge in [0.2, 0.25) is 0 Å². The Bertz CT molecular complexity index is 445. The van der Waals surface area contributed by atoms with Crippen molar-refractivity contribution >= 4 is 17.4 Å². The predicted octanol–water partition coefficient (Wildman–Crippen LogP) is 3.63. The first-order valence-electron chi connectivity index (χ1n) is 6.94. The van der Waals surface area contributed by atoms with E-state index in [0.717, 1.165) is 24.1 Å². The van der Waals surface area contributed by atoms with Crippen LogP contribution < -0.4 is 4.90 Å². The lowest BCUT2D eigenvalue weighted by Gasteiger charge is -2.37. The molecule has 1 aromatic rings. The molecule has 2 aliphatic rings. The smallest absolute Gasteiger partial charge is 0.135 e. The molecular weight excluding hydrogens is 246 g/mol. The first-order chi connectivity index (χ1) is 8.63. The van der Waals surface area contributed by atoms with E-state index in [-0.39, 0.29) is 0 Å². The van der Waals surface area contributed by atoms with Crippen LogP contribution in [0.1, 0.15) is 51.3 Å². The topological polar surface area (TPSA) is 29.0 Å². The van der Waals surface area contributed by atoms with Crippen LogP contribution in [0.5, 0.6) is 0 Å². The zero-order valence-corrected chi connectivity index (χ0v) is 11.8. The van der Waals surface area contributed by atoms with E-state index in [4.69, 9.17) is 16.6 Å². The third kappa shape index (κ3) is 2.46. The lowest BCUT2D eigenvalue weighted by molar-refractivity contribution is 0.387. The second-order valence-corrected chi connectivity index (χ2v) is 6.25. The second kappa shape index (κ2) is 4.69. The molecule has 2 unspecified atom stereocenters. The molecule has 0 N–H and O–H groups in total. The fraction of sp³-hybridized carbons (Fsp3) is 0.714. The molecule has 1 aromatic heterocycles. The van der Waals surface area contributed by atoms with Crippen molar-refractivity contribution in [1.82, 2.24) is 9.97 Å². The minimum absolute atomic E-state index is 0.555. The molecule has 2 fully saturated rings. The summed E-state index contributed by atoms with van der Waals surface area (Å²) in [5, 5.41) is 0.590. The van der Waals surface area contributed by atoms with E-state index in [2.05, 4.69) is 23.7 Å². The molecule has 98 valence electrons. The summed E-state index contributed by atoms with van der Waals surface area (Å²) in [4.78, 5) is 11.5. The van der Waals surface area contributed by atoms with Gasteiger partial charge < -0.3 is 4.90 Å². The van der Waals surface area contributed by atoms with E-state index >= 15 is 0 Å². The maximum Gasteiger partial charge on any atom is 0.135 e. The Morgan fingerprint density at radius 2 is 1.94 bits per heavy atom. The molecule has 1 aliphatic carbocycles. The highest BCUT2D eigenvalue weighted by Gasteiger charge is 2.29. The zero-order chi connectivity index (χ0) is 12.7. The lowest BCUT2D eigenvalue weighted by Crippen LogP contribution is -2.41. The van der Waals surface area contributed by atoms with Crippen LogP contribution in [-0.2, 0) is 0 Å². The molecule has 0 aromatic carbocycles. The van der Waals surface area contributed by atoms with Crippen molar-refractivity contribution in [2.75, 3.05) is 11.4 Å². The Morgan fingerprint density at radius 1 is 1.17 bits per heavy atom. The molecular formula is C14H20ClN3. The van der Waals surface area contributed by atoms with Crippen LogP contribution >= 0.6 is 11.6 Å². The Kier molecular flexibility index (Phi) is 3.18. The van der Waals surface area contributed by atoms with Gasteiger partial charge in [-0.25, -0.2) is 9.97 Å². The van der Waals surface area contributed by atoms with Crippen LogP contribution in [0.25, 0.3) is 0 Å². The maximum absolute atomic E-state index is 6.15. The first kappa shape index (κ1) is 12.2. The van der Waals surface area contributed by atoms with Crippen LogP contribution in [0.4, 0.5) is 5.82 Å². The zero-order valence-electron chi connectivity index (χ0n) is 11.1. The van der Waals surface area contributed by atoms with E-state index in [9.17, 15) is 0 Å². The van der Waals surface area contributed by atoms with Gasteiger partial charge in [-0.3, -0.25) is 0 Å². The second-order valence-electron chi connectivity index (χ2n) is 5.87. The van der Waals surface area contributed by atoms with Crippen LogP contribution in [0.15, 0.2) is 6.07 Å². The molecule has 18 heavy (non-hydrogen) atoms. The molecule has 1 saturated carbocycles. The fourth-order valence-electron chi connectivity index (χ4n) is 2.70. The van der Waals surface area contributed by atoms with E-state index in [1.54, 1.807) is 0 Å². The van der Waals surface area contributed by atoms with Gasteiger partial charge in [0.05, 0.1) is 0 Å². The van der Waals surface area contributed by atoms with E-state index in [0.29, 0.717) is 17.1 Å².